The molecule has 1 heterocycles. The van der Waals surface area contributed by atoms with Crippen LogP contribution >= 0.6 is 0 Å². The van der Waals surface area contributed by atoms with Crippen molar-refractivity contribution in [2.75, 3.05) is 37.7 Å². The van der Waals surface area contributed by atoms with E-state index in [-0.39, 0.29) is 23.7 Å². The molecule has 0 aliphatic carbocycles. The average Bonchev–Trinajstić information content (AvgIpc) is 2.73. The fourth-order valence-corrected chi connectivity index (χ4v) is 4.82. The van der Waals surface area contributed by atoms with Crippen molar-refractivity contribution >= 4 is 21.4 Å². The van der Waals surface area contributed by atoms with Gasteiger partial charge in [0.25, 0.3) is 5.69 Å². The standard InChI is InChI=1S/C19H23N3O5S/c1-2-20(15-16-6-4-3-5-7-16)18-9-8-17(22(23)24)14-19(18)28(25,26)21-10-12-27-13-11-21/h3-9,14H,2,10-13,15H2,1H3. The lowest BCUT2D eigenvalue weighted by molar-refractivity contribution is -0.385. The van der Waals surface area contributed by atoms with Crippen LogP contribution in [0, 0.1) is 10.1 Å². The summed E-state index contributed by atoms with van der Waals surface area (Å²) in [6.45, 7) is 4.06. The van der Waals surface area contributed by atoms with E-state index in [9.17, 15) is 18.5 Å². The number of rotatable bonds is 7. The lowest BCUT2D eigenvalue weighted by atomic mass is 10.2. The Morgan fingerprint density at radius 1 is 1.14 bits per heavy atom. The van der Waals surface area contributed by atoms with Gasteiger partial charge in [-0.05, 0) is 18.6 Å². The zero-order chi connectivity index (χ0) is 20.1. The first kappa shape index (κ1) is 20.2. The molecule has 2 aromatic carbocycles. The number of nitro benzene ring substituents is 1. The summed E-state index contributed by atoms with van der Waals surface area (Å²) < 4.78 is 33.1. The summed E-state index contributed by atoms with van der Waals surface area (Å²) in [5.74, 6) is 0. The highest BCUT2D eigenvalue weighted by Gasteiger charge is 2.31. The van der Waals surface area contributed by atoms with Gasteiger partial charge in [0, 0.05) is 38.3 Å². The molecule has 2 aromatic rings. The van der Waals surface area contributed by atoms with Gasteiger partial charge in [0.1, 0.15) is 4.90 Å². The molecule has 0 aromatic heterocycles. The van der Waals surface area contributed by atoms with Crippen molar-refractivity contribution in [3.63, 3.8) is 0 Å². The van der Waals surface area contributed by atoms with Gasteiger partial charge in [0.05, 0.1) is 23.8 Å². The maximum absolute atomic E-state index is 13.3. The van der Waals surface area contributed by atoms with Crippen molar-refractivity contribution < 1.29 is 18.1 Å². The van der Waals surface area contributed by atoms with E-state index in [2.05, 4.69) is 0 Å². The predicted octanol–water partition coefficient (Wildman–Crippen LogP) is 2.64. The number of nitro groups is 1. The fraction of sp³-hybridized carbons (Fsp3) is 0.368. The Balaban J connectivity index is 2.05. The lowest BCUT2D eigenvalue weighted by Crippen LogP contribution is -2.41. The van der Waals surface area contributed by atoms with E-state index >= 15 is 0 Å². The summed E-state index contributed by atoms with van der Waals surface area (Å²) >= 11 is 0. The molecule has 0 amide bonds. The molecule has 3 rings (SSSR count). The molecule has 1 aliphatic rings. The predicted molar refractivity (Wildman–Crippen MR) is 106 cm³/mol. The number of nitrogens with zero attached hydrogens (tertiary/aromatic N) is 3. The summed E-state index contributed by atoms with van der Waals surface area (Å²) in [6, 6.07) is 13.7. The minimum absolute atomic E-state index is 0.0404. The SMILES string of the molecule is CCN(Cc1ccccc1)c1ccc([N+](=O)[O-])cc1S(=O)(=O)N1CCOCC1. The third kappa shape index (κ3) is 4.32. The average molecular weight is 405 g/mol. The van der Waals surface area contributed by atoms with Gasteiger partial charge < -0.3 is 9.64 Å². The minimum atomic E-state index is -3.89. The third-order valence-corrected chi connectivity index (χ3v) is 6.61. The van der Waals surface area contributed by atoms with Crippen molar-refractivity contribution in [3.05, 3.63) is 64.2 Å². The van der Waals surface area contributed by atoms with E-state index in [1.807, 2.05) is 42.2 Å². The number of hydrogen-bond acceptors (Lipinski definition) is 6. The number of sulfonamides is 1. The quantitative estimate of drug-likeness (QED) is 0.519. The van der Waals surface area contributed by atoms with Crippen LogP contribution in [-0.4, -0.2) is 50.5 Å². The molecular formula is C19H23N3O5S. The molecule has 9 heteroatoms. The Kier molecular flexibility index (Phi) is 6.28. The Hall–Kier alpha value is -2.49. The van der Waals surface area contributed by atoms with E-state index in [1.165, 1.54) is 16.4 Å². The first-order chi connectivity index (χ1) is 13.4. The molecule has 0 spiro atoms. The minimum Gasteiger partial charge on any atom is -0.379 e. The molecule has 0 N–H and O–H groups in total. The van der Waals surface area contributed by atoms with Crippen LogP contribution in [0.15, 0.2) is 53.4 Å². The van der Waals surface area contributed by atoms with E-state index in [4.69, 9.17) is 4.74 Å². The van der Waals surface area contributed by atoms with Crippen LogP contribution in [-0.2, 0) is 21.3 Å². The largest absolute Gasteiger partial charge is 0.379 e. The number of morpholine rings is 1. The molecule has 1 aliphatic heterocycles. The smallest absolute Gasteiger partial charge is 0.270 e. The Bertz CT molecular complexity index is 928. The van der Waals surface area contributed by atoms with Gasteiger partial charge in [-0.15, -0.1) is 0 Å². The molecule has 0 saturated carbocycles. The van der Waals surface area contributed by atoms with Gasteiger partial charge in [-0.25, -0.2) is 8.42 Å². The molecular weight excluding hydrogens is 382 g/mol. The van der Waals surface area contributed by atoms with Crippen molar-refractivity contribution in [2.24, 2.45) is 0 Å². The Morgan fingerprint density at radius 2 is 1.82 bits per heavy atom. The zero-order valence-corrected chi connectivity index (χ0v) is 16.5. The molecule has 0 atom stereocenters. The Labute approximate surface area is 164 Å². The second kappa shape index (κ2) is 8.68. The van der Waals surface area contributed by atoms with Crippen LogP contribution < -0.4 is 4.90 Å². The van der Waals surface area contributed by atoms with Crippen LogP contribution in [0.4, 0.5) is 11.4 Å². The summed E-state index contributed by atoms with van der Waals surface area (Å²) in [6.07, 6.45) is 0. The van der Waals surface area contributed by atoms with E-state index < -0.39 is 14.9 Å². The summed E-state index contributed by atoms with van der Waals surface area (Å²) in [5, 5.41) is 11.3. The molecule has 0 bridgehead atoms. The normalized spacial score (nSPS) is 15.3. The zero-order valence-electron chi connectivity index (χ0n) is 15.7. The molecule has 1 fully saturated rings. The number of ether oxygens (including phenoxy) is 1. The monoisotopic (exact) mass is 405 g/mol. The fourth-order valence-electron chi connectivity index (χ4n) is 3.18. The summed E-state index contributed by atoms with van der Waals surface area (Å²) in [7, 11) is -3.89. The highest BCUT2D eigenvalue weighted by Crippen LogP contribution is 2.32. The van der Waals surface area contributed by atoms with Gasteiger partial charge >= 0.3 is 0 Å². The van der Waals surface area contributed by atoms with Crippen molar-refractivity contribution in [1.82, 2.24) is 4.31 Å². The molecule has 0 radical (unpaired) electrons. The first-order valence-electron chi connectivity index (χ1n) is 9.08. The van der Waals surface area contributed by atoms with Crippen molar-refractivity contribution in [3.8, 4) is 0 Å². The molecule has 28 heavy (non-hydrogen) atoms. The van der Waals surface area contributed by atoms with E-state index in [1.54, 1.807) is 0 Å². The Morgan fingerprint density at radius 3 is 2.43 bits per heavy atom. The van der Waals surface area contributed by atoms with Gasteiger partial charge in [-0.3, -0.25) is 10.1 Å². The molecule has 0 unspecified atom stereocenters. The number of benzene rings is 2. The van der Waals surface area contributed by atoms with Crippen LogP contribution in [0.1, 0.15) is 12.5 Å². The number of hydrogen-bond donors (Lipinski definition) is 0. The third-order valence-electron chi connectivity index (χ3n) is 4.68. The molecule has 150 valence electrons. The second-order valence-electron chi connectivity index (χ2n) is 6.43. The lowest BCUT2D eigenvalue weighted by Gasteiger charge is -2.30. The highest BCUT2D eigenvalue weighted by molar-refractivity contribution is 7.89. The highest BCUT2D eigenvalue weighted by atomic mass is 32.2. The van der Waals surface area contributed by atoms with E-state index in [0.29, 0.717) is 32.0 Å². The van der Waals surface area contributed by atoms with Gasteiger partial charge in [-0.1, -0.05) is 30.3 Å². The van der Waals surface area contributed by atoms with E-state index in [0.717, 1.165) is 11.6 Å². The van der Waals surface area contributed by atoms with Crippen molar-refractivity contribution in [2.45, 2.75) is 18.4 Å². The maximum atomic E-state index is 13.3. The molecule has 8 nitrogen and oxygen atoms in total. The van der Waals surface area contributed by atoms with Crippen LogP contribution in [0.2, 0.25) is 0 Å². The van der Waals surface area contributed by atoms with Crippen LogP contribution in [0.5, 0.6) is 0 Å². The first-order valence-corrected chi connectivity index (χ1v) is 10.5. The topological polar surface area (TPSA) is 93.0 Å². The van der Waals surface area contributed by atoms with Gasteiger partial charge in [-0.2, -0.15) is 4.31 Å². The maximum Gasteiger partial charge on any atom is 0.270 e. The van der Waals surface area contributed by atoms with Crippen LogP contribution in [0.3, 0.4) is 0 Å². The summed E-state index contributed by atoms with van der Waals surface area (Å²) in [4.78, 5) is 12.6. The second-order valence-corrected chi connectivity index (χ2v) is 8.33. The number of non-ortho nitro benzene ring substituents is 1. The number of anilines is 1. The van der Waals surface area contributed by atoms with Gasteiger partial charge in [0.2, 0.25) is 10.0 Å². The van der Waals surface area contributed by atoms with Crippen LogP contribution in [0.25, 0.3) is 0 Å². The van der Waals surface area contributed by atoms with Crippen molar-refractivity contribution in [1.29, 1.82) is 0 Å². The summed E-state index contributed by atoms with van der Waals surface area (Å²) in [5.41, 5.74) is 1.24. The molecule has 1 saturated heterocycles. The van der Waals surface area contributed by atoms with Gasteiger partial charge in [0.15, 0.2) is 0 Å².